The predicted octanol–water partition coefficient (Wildman–Crippen LogP) is 2.60. The Bertz CT molecular complexity index is 963. The first kappa shape index (κ1) is 16.2. The van der Waals surface area contributed by atoms with Crippen LogP contribution >= 0.6 is 0 Å². The van der Waals surface area contributed by atoms with Crippen LogP contribution < -0.4 is 10.1 Å². The van der Waals surface area contributed by atoms with E-state index in [-0.39, 0.29) is 12.5 Å². The predicted molar refractivity (Wildman–Crippen MR) is 93.2 cm³/mol. The molecule has 1 atom stereocenters. The molecule has 1 spiro atoms. The molecule has 6 heteroatoms. The van der Waals surface area contributed by atoms with Crippen LogP contribution in [0.3, 0.4) is 0 Å². The second kappa shape index (κ2) is 5.88. The maximum atomic E-state index is 13.2. The summed E-state index contributed by atoms with van der Waals surface area (Å²) in [5.74, 6) is 0.366. The second-order valence-corrected chi connectivity index (χ2v) is 6.57. The Hall–Kier alpha value is -3.33. The highest BCUT2D eigenvalue weighted by Crippen LogP contribution is 2.41. The number of nitriles is 1. The van der Waals surface area contributed by atoms with Gasteiger partial charge in [0, 0.05) is 12.0 Å². The Morgan fingerprint density at radius 2 is 2.08 bits per heavy atom. The SMILES string of the molecule is Cc1cc(C#N)ccc1CN1C(=O)NC2(CCOc3ccccc32)C1=O. The van der Waals surface area contributed by atoms with Gasteiger partial charge in [0.2, 0.25) is 0 Å². The molecule has 1 unspecified atom stereocenters. The van der Waals surface area contributed by atoms with E-state index in [4.69, 9.17) is 10.00 Å². The van der Waals surface area contributed by atoms with Crippen LogP contribution in [0, 0.1) is 18.3 Å². The van der Waals surface area contributed by atoms with Gasteiger partial charge in [-0.15, -0.1) is 0 Å². The number of para-hydroxylation sites is 1. The number of fused-ring (bicyclic) bond motifs is 2. The van der Waals surface area contributed by atoms with Gasteiger partial charge >= 0.3 is 6.03 Å². The van der Waals surface area contributed by atoms with Gasteiger partial charge in [-0.1, -0.05) is 24.3 Å². The summed E-state index contributed by atoms with van der Waals surface area (Å²) in [4.78, 5) is 27.1. The summed E-state index contributed by atoms with van der Waals surface area (Å²) in [5.41, 5.74) is 1.90. The summed E-state index contributed by atoms with van der Waals surface area (Å²) in [6.45, 7) is 2.41. The first-order chi connectivity index (χ1) is 12.5. The number of aryl methyl sites for hydroxylation is 1. The molecule has 6 nitrogen and oxygen atoms in total. The van der Waals surface area contributed by atoms with E-state index in [2.05, 4.69) is 11.4 Å². The average Bonchev–Trinajstić information content (AvgIpc) is 2.88. The standard InChI is InChI=1S/C20H17N3O3/c1-13-10-14(11-21)6-7-15(13)12-23-18(24)20(22-19(23)25)8-9-26-17-5-3-2-4-16(17)20/h2-7,10H,8-9,12H2,1H3,(H,22,25). The van der Waals surface area contributed by atoms with Gasteiger partial charge < -0.3 is 10.1 Å². The van der Waals surface area contributed by atoms with Crippen molar-refractivity contribution < 1.29 is 14.3 Å². The van der Waals surface area contributed by atoms with Crippen LogP contribution in [0.5, 0.6) is 5.75 Å². The van der Waals surface area contributed by atoms with E-state index in [0.29, 0.717) is 29.9 Å². The molecule has 1 N–H and O–H groups in total. The fourth-order valence-corrected chi connectivity index (χ4v) is 3.63. The van der Waals surface area contributed by atoms with Crippen molar-refractivity contribution in [3.05, 3.63) is 64.7 Å². The minimum absolute atomic E-state index is 0.174. The quantitative estimate of drug-likeness (QED) is 0.847. The Labute approximate surface area is 151 Å². The molecule has 2 aliphatic heterocycles. The highest BCUT2D eigenvalue weighted by atomic mass is 16.5. The molecule has 4 rings (SSSR count). The molecule has 1 fully saturated rings. The molecule has 0 bridgehead atoms. The van der Waals surface area contributed by atoms with Crippen molar-refractivity contribution >= 4 is 11.9 Å². The molecule has 2 aromatic rings. The summed E-state index contributed by atoms with van der Waals surface area (Å²) in [6, 6.07) is 14.2. The first-order valence-electron chi connectivity index (χ1n) is 8.41. The van der Waals surface area contributed by atoms with Crippen molar-refractivity contribution in [3.63, 3.8) is 0 Å². The number of nitrogens with one attached hydrogen (secondary N) is 1. The molecule has 130 valence electrons. The van der Waals surface area contributed by atoms with Gasteiger partial charge in [0.25, 0.3) is 5.91 Å². The van der Waals surface area contributed by atoms with E-state index in [1.54, 1.807) is 18.2 Å². The van der Waals surface area contributed by atoms with Crippen LogP contribution in [0.2, 0.25) is 0 Å². The van der Waals surface area contributed by atoms with Gasteiger partial charge in [-0.25, -0.2) is 4.79 Å². The Morgan fingerprint density at radius 3 is 2.85 bits per heavy atom. The van der Waals surface area contributed by atoms with E-state index in [9.17, 15) is 9.59 Å². The van der Waals surface area contributed by atoms with Gasteiger partial charge in [-0.2, -0.15) is 5.26 Å². The van der Waals surface area contributed by atoms with Gasteiger partial charge in [0.05, 0.1) is 24.8 Å². The summed E-state index contributed by atoms with van der Waals surface area (Å²) in [7, 11) is 0. The van der Waals surface area contributed by atoms with E-state index in [0.717, 1.165) is 11.1 Å². The maximum Gasteiger partial charge on any atom is 0.325 e. The number of ether oxygens (including phenoxy) is 1. The normalized spacial score (nSPS) is 21.2. The van der Waals surface area contributed by atoms with Crippen molar-refractivity contribution in [2.75, 3.05) is 6.61 Å². The average molecular weight is 347 g/mol. The van der Waals surface area contributed by atoms with E-state index in [1.165, 1.54) is 4.90 Å². The number of hydrogen-bond acceptors (Lipinski definition) is 4. The number of amides is 3. The Kier molecular flexibility index (Phi) is 3.66. The summed E-state index contributed by atoms with van der Waals surface area (Å²) in [6.07, 6.45) is 0.400. The summed E-state index contributed by atoms with van der Waals surface area (Å²) < 4.78 is 5.64. The molecule has 0 saturated carbocycles. The van der Waals surface area contributed by atoms with Crippen LogP contribution in [0.25, 0.3) is 0 Å². The number of carbonyl (C=O) groups is 2. The zero-order valence-corrected chi connectivity index (χ0v) is 14.3. The number of carbonyl (C=O) groups excluding carboxylic acids is 2. The first-order valence-corrected chi connectivity index (χ1v) is 8.41. The van der Waals surface area contributed by atoms with Crippen molar-refractivity contribution in [1.82, 2.24) is 10.2 Å². The molecule has 2 aromatic carbocycles. The molecule has 26 heavy (non-hydrogen) atoms. The third-order valence-corrected chi connectivity index (χ3v) is 5.06. The van der Waals surface area contributed by atoms with Gasteiger partial charge in [-0.3, -0.25) is 9.69 Å². The lowest BCUT2D eigenvalue weighted by Crippen LogP contribution is -2.47. The number of urea groups is 1. The second-order valence-electron chi connectivity index (χ2n) is 6.57. The lowest BCUT2D eigenvalue weighted by atomic mass is 9.84. The molecule has 2 heterocycles. The number of imide groups is 1. The van der Waals surface area contributed by atoms with Crippen LogP contribution in [0.15, 0.2) is 42.5 Å². The molecule has 0 aliphatic carbocycles. The molecule has 0 aromatic heterocycles. The van der Waals surface area contributed by atoms with E-state index in [1.807, 2.05) is 31.2 Å². The monoisotopic (exact) mass is 347 g/mol. The van der Waals surface area contributed by atoms with Crippen LogP contribution in [0.1, 0.15) is 28.7 Å². The van der Waals surface area contributed by atoms with Gasteiger partial charge in [-0.05, 0) is 36.2 Å². The lowest BCUT2D eigenvalue weighted by Gasteiger charge is -2.33. The van der Waals surface area contributed by atoms with Crippen LogP contribution in [0.4, 0.5) is 4.79 Å². The van der Waals surface area contributed by atoms with E-state index >= 15 is 0 Å². The fraction of sp³-hybridized carbons (Fsp3) is 0.250. The smallest absolute Gasteiger partial charge is 0.325 e. The molecule has 1 saturated heterocycles. The Morgan fingerprint density at radius 1 is 1.27 bits per heavy atom. The molecule has 3 amide bonds. The number of rotatable bonds is 2. The fourth-order valence-electron chi connectivity index (χ4n) is 3.63. The summed E-state index contributed by atoms with van der Waals surface area (Å²) in [5, 5.41) is 11.9. The molecule has 2 aliphatic rings. The Balaban J connectivity index is 1.68. The van der Waals surface area contributed by atoms with Crippen molar-refractivity contribution in [2.24, 2.45) is 0 Å². The van der Waals surface area contributed by atoms with Crippen LogP contribution in [-0.4, -0.2) is 23.4 Å². The van der Waals surface area contributed by atoms with Gasteiger partial charge in [0.1, 0.15) is 5.75 Å². The largest absolute Gasteiger partial charge is 0.493 e. The third-order valence-electron chi connectivity index (χ3n) is 5.06. The van der Waals surface area contributed by atoms with Crippen LogP contribution in [-0.2, 0) is 16.9 Å². The minimum Gasteiger partial charge on any atom is -0.493 e. The molecular weight excluding hydrogens is 330 g/mol. The minimum atomic E-state index is -1.06. The zero-order valence-electron chi connectivity index (χ0n) is 14.3. The van der Waals surface area contributed by atoms with Crippen molar-refractivity contribution in [1.29, 1.82) is 5.26 Å². The maximum absolute atomic E-state index is 13.2. The highest BCUT2D eigenvalue weighted by molar-refractivity contribution is 6.07. The zero-order chi connectivity index (χ0) is 18.3. The molecular formula is C20H17N3O3. The number of benzene rings is 2. The van der Waals surface area contributed by atoms with Crippen molar-refractivity contribution in [2.45, 2.75) is 25.4 Å². The topological polar surface area (TPSA) is 82.4 Å². The summed E-state index contributed by atoms with van der Waals surface area (Å²) >= 11 is 0. The van der Waals surface area contributed by atoms with Gasteiger partial charge in [0.15, 0.2) is 5.54 Å². The number of nitrogens with zero attached hydrogens (tertiary/aromatic N) is 2. The third kappa shape index (κ3) is 2.32. The van der Waals surface area contributed by atoms with Crippen molar-refractivity contribution in [3.8, 4) is 11.8 Å². The molecule has 0 radical (unpaired) electrons. The number of hydrogen-bond donors (Lipinski definition) is 1. The van der Waals surface area contributed by atoms with E-state index < -0.39 is 11.6 Å². The highest BCUT2D eigenvalue weighted by Gasteiger charge is 2.54. The lowest BCUT2D eigenvalue weighted by molar-refractivity contribution is -0.133.